The molecule has 0 unspecified atom stereocenters. The quantitative estimate of drug-likeness (QED) is 0.594. The van der Waals surface area contributed by atoms with E-state index in [9.17, 15) is 0 Å². The lowest BCUT2D eigenvalue weighted by Crippen LogP contribution is -2.38. The van der Waals surface area contributed by atoms with Crippen LogP contribution in [0, 0.1) is 0 Å². The third kappa shape index (κ3) is 1.33. The highest BCUT2D eigenvalue weighted by molar-refractivity contribution is 5.83. The number of hydrogen-bond acceptors (Lipinski definition) is 3. The van der Waals surface area contributed by atoms with Gasteiger partial charge in [0.15, 0.2) is 0 Å². The van der Waals surface area contributed by atoms with E-state index < -0.39 is 0 Å². The Morgan fingerprint density at radius 3 is 2.67 bits per heavy atom. The molecule has 0 aromatic heterocycles. The average molecular weight is 168 g/mol. The van der Waals surface area contributed by atoms with E-state index >= 15 is 0 Å². The zero-order valence-electron chi connectivity index (χ0n) is 7.55. The summed E-state index contributed by atoms with van der Waals surface area (Å²) < 4.78 is 0. The topological polar surface area (TPSA) is 47.6 Å². The van der Waals surface area contributed by atoms with Crippen molar-refractivity contribution in [3.8, 4) is 0 Å². The van der Waals surface area contributed by atoms with Gasteiger partial charge in [-0.15, -0.1) is 0 Å². The van der Waals surface area contributed by atoms with E-state index in [4.69, 9.17) is 10.6 Å². The molecule has 3 nitrogen and oxygen atoms in total. The molecule has 0 saturated heterocycles. The summed E-state index contributed by atoms with van der Waals surface area (Å²) in [5.41, 5.74) is 7.00. The molecule has 12 heavy (non-hydrogen) atoms. The highest BCUT2D eigenvalue weighted by Gasteiger charge is 2.40. The van der Waals surface area contributed by atoms with E-state index in [1.807, 2.05) is 6.92 Å². The van der Waals surface area contributed by atoms with E-state index in [1.54, 1.807) is 0 Å². The van der Waals surface area contributed by atoms with E-state index in [-0.39, 0.29) is 5.60 Å². The van der Waals surface area contributed by atoms with Crippen molar-refractivity contribution in [2.75, 3.05) is 0 Å². The molecule has 68 valence electrons. The molecular weight excluding hydrogens is 152 g/mol. The second-order valence-corrected chi connectivity index (χ2v) is 4.12. The van der Waals surface area contributed by atoms with Crippen molar-refractivity contribution >= 4 is 5.71 Å². The fourth-order valence-corrected chi connectivity index (χ4v) is 2.14. The first-order valence-corrected chi connectivity index (χ1v) is 4.67. The van der Waals surface area contributed by atoms with Crippen molar-refractivity contribution in [1.29, 1.82) is 0 Å². The molecule has 0 amide bonds. The van der Waals surface area contributed by atoms with Crippen LogP contribution in [0.4, 0.5) is 0 Å². The molecule has 0 aromatic rings. The first-order chi connectivity index (χ1) is 5.70. The van der Waals surface area contributed by atoms with Gasteiger partial charge in [-0.3, -0.25) is 0 Å². The van der Waals surface area contributed by atoms with Crippen molar-refractivity contribution in [2.24, 2.45) is 10.9 Å². The summed E-state index contributed by atoms with van der Waals surface area (Å²) in [7, 11) is 0. The average Bonchev–Trinajstić information content (AvgIpc) is 2.40. The maximum absolute atomic E-state index is 5.83. The van der Waals surface area contributed by atoms with Gasteiger partial charge in [0.2, 0.25) is 0 Å². The Bertz CT molecular complexity index is 205. The Morgan fingerprint density at radius 2 is 2.17 bits per heavy atom. The van der Waals surface area contributed by atoms with Gasteiger partial charge in [-0.05, 0) is 32.6 Å². The molecule has 0 atom stereocenters. The standard InChI is InChI=1S/C9H16N2O/c1-7-6-9(12-11-7)4-2-8(10)3-5-9/h8H,2-6,10H2,1H3. The number of oxime groups is 1. The molecule has 1 fully saturated rings. The fraction of sp³-hybridized carbons (Fsp3) is 0.889. The number of hydrogen-bond donors (Lipinski definition) is 1. The third-order valence-electron chi connectivity index (χ3n) is 2.91. The van der Waals surface area contributed by atoms with Crippen LogP contribution in [-0.4, -0.2) is 17.4 Å². The van der Waals surface area contributed by atoms with Gasteiger partial charge in [-0.25, -0.2) is 0 Å². The third-order valence-corrected chi connectivity index (χ3v) is 2.91. The van der Waals surface area contributed by atoms with Crippen LogP contribution in [0.1, 0.15) is 39.0 Å². The predicted octanol–water partition coefficient (Wildman–Crippen LogP) is 1.42. The summed E-state index contributed by atoms with van der Waals surface area (Å²) in [6.07, 6.45) is 5.34. The zero-order valence-corrected chi connectivity index (χ0v) is 7.55. The Morgan fingerprint density at radius 1 is 1.50 bits per heavy atom. The van der Waals surface area contributed by atoms with Crippen LogP contribution < -0.4 is 5.73 Å². The van der Waals surface area contributed by atoms with E-state index in [0.717, 1.165) is 37.8 Å². The fourth-order valence-electron chi connectivity index (χ4n) is 2.14. The molecule has 0 bridgehead atoms. The lowest BCUT2D eigenvalue weighted by Gasteiger charge is -2.33. The minimum atomic E-state index is 0.0416. The molecular formula is C9H16N2O. The van der Waals surface area contributed by atoms with Crippen LogP contribution in [-0.2, 0) is 4.84 Å². The normalized spacial score (nSPS) is 41.2. The second kappa shape index (κ2) is 2.73. The van der Waals surface area contributed by atoms with Crippen molar-refractivity contribution in [3.05, 3.63) is 0 Å². The Labute approximate surface area is 72.9 Å². The van der Waals surface area contributed by atoms with Crippen LogP contribution >= 0.6 is 0 Å². The zero-order chi connectivity index (χ0) is 8.60. The van der Waals surface area contributed by atoms with Gasteiger partial charge in [0.05, 0.1) is 5.71 Å². The highest BCUT2D eigenvalue weighted by Crippen LogP contribution is 2.37. The van der Waals surface area contributed by atoms with E-state index in [2.05, 4.69) is 5.16 Å². The van der Waals surface area contributed by atoms with Crippen LogP contribution in [0.5, 0.6) is 0 Å². The second-order valence-electron chi connectivity index (χ2n) is 4.12. The Balaban J connectivity index is 1.97. The van der Waals surface area contributed by atoms with Gasteiger partial charge >= 0.3 is 0 Å². The van der Waals surface area contributed by atoms with Crippen molar-refractivity contribution in [2.45, 2.75) is 50.7 Å². The number of rotatable bonds is 0. The maximum Gasteiger partial charge on any atom is 0.143 e. The molecule has 2 aliphatic rings. The minimum absolute atomic E-state index is 0.0416. The largest absolute Gasteiger partial charge is 0.389 e. The summed E-state index contributed by atoms with van der Waals surface area (Å²) in [5, 5.41) is 4.01. The molecule has 0 aromatic carbocycles. The monoisotopic (exact) mass is 168 g/mol. The van der Waals surface area contributed by atoms with Crippen molar-refractivity contribution < 1.29 is 4.84 Å². The summed E-state index contributed by atoms with van der Waals surface area (Å²) in [6.45, 7) is 2.03. The van der Waals surface area contributed by atoms with Crippen molar-refractivity contribution in [1.82, 2.24) is 0 Å². The van der Waals surface area contributed by atoms with Crippen LogP contribution in [0.3, 0.4) is 0 Å². The van der Waals surface area contributed by atoms with Crippen LogP contribution in [0.2, 0.25) is 0 Å². The summed E-state index contributed by atoms with van der Waals surface area (Å²) in [6, 6.07) is 0.389. The molecule has 0 radical (unpaired) electrons. The molecule has 2 N–H and O–H groups in total. The number of nitrogens with two attached hydrogens (primary N) is 1. The first kappa shape index (κ1) is 8.05. The lowest BCUT2D eigenvalue weighted by molar-refractivity contribution is -0.0478. The molecule has 1 saturated carbocycles. The Kier molecular flexibility index (Phi) is 1.83. The van der Waals surface area contributed by atoms with Crippen LogP contribution in [0.25, 0.3) is 0 Å². The lowest BCUT2D eigenvalue weighted by atomic mass is 9.80. The maximum atomic E-state index is 5.83. The van der Waals surface area contributed by atoms with Gasteiger partial charge < -0.3 is 10.6 Å². The first-order valence-electron chi connectivity index (χ1n) is 4.67. The van der Waals surface area contributed by atoms with Gasteiger partial charge in [-0.1, -0.05) is 5.16 Å². The minimum Gasteiger partial charge on any atom is -0.389 e. The van der Waals surface area contributed by atoms with Crippen LogP contribution in [0.15, 0.2) is 5.16 Å². The highest BCUT2D eigenvalue weighted by atomic mass is 16.7. The molecule has 3 heteroatoms. The smallest absolute Gasteiger partial charge is 0.143 e. The summed E-state index contributed by atoms with van der Waals surface area (Å²) >= 11 is 0. The SMILES string of the molecule is CC1=NOC2(CCC(N)CC2)C1. The number of nitrogens with zero attached hydrogens (tertiary/aromatic N) is 1. The predicted molar refractivity (Wildman–Crippen MR) is 48.0 cm³/mol. The van der Waals surface area contributed by atoms with Gasteiger partial charge in [0, 0.05) is 12.5 Å². The van der Waals surface area contributed by atoms with E-state index in [0.29, 0.717) is 6.04 Å². The summed E-state index contributed by atoms with van der Waals surface area (Å²) in [4.78, 5) is 5.47. The molecule has 1 spiro atoms. The van der Waals surface area contributed by atoms with E-state index in [1.165, 1.54) is 0 Å². The van der Waals surface area contributed by atoms with Gasteiger partial charge in [0.1, 0.15) is 5.60 Å². The molecule has 1 heterocycles. The van der Waals surface area contributed by atoms with Gasteiger partial charge in [0.25, 0.3) is 0 Å². The molecule has 2 rings (SSSR count). The van der Waals surface area contributed by atoms with Crippen molar-refractivity contribution in [3.63, 3.8) is 0 Å². The molecule has 1 aliphatic heterocycles. The summed E-state index contributed by atoms with van der Waals surface area (Å²) in [5.74, 6) is 0. The molecule has 1 aliphatic carbocycles. The Hall–Kier alpha value is -0.570. The van der Waals surface area contributed by atoms with Gasteiger partial charge in [-0.2, -0.15) is 0 Å².